The maximum absolute atomic E-state index is 11.3. The van der Waals surface area contributed by atoms with E-state index in [4.69, 9.17) is 0 Å². The Hall–Kier alpha value is 1.51. The summed E-state index contributed by atoms with van der Waals surface area (Å²) >= 11 is 0. The average molecular weight is 361 g/mol. The summed E-state index contributed by atoms with van der Waals surface area (Å²) in [5.41, 5.74) is 0. The standard InChI is InChI=1S/C16H34O4S.K/c1-3-5-7-9-10-12-14-16(21(18,19)20)15(17)13-11-8-6-4-2;/h15-17H,3-14H2,1-2H3,(H,18,19,20);/q;+1/p-1. The van der Waals surface area contributed by atoms with Crippen LogP contribution in [0.5, 0.6) is 0 Å². The van der Waals surface area contributed by atoms with Gasteiger partial charge >= 0.3 is 51.4 Å². The third-order valence-electron chi connectivity index (χ3n) is 4.00. The minimum absolute atomic E-state index is 0. The van der Waals surface area contributed by atoms with Crippen molar-refractivity contribution in [3.05, 3.63) is 0 Å². The molecule has 1 N–H and O–H groups in total. The SMILES string of the molecule is CCCCCCCCC(C(O)CCCCCC)S(=O)(=O)[O-].[K+]. The van der Waals surface area contributed by atoms with Gasteiger partial charge in [0.1, 0.15) is 10.1 Å². The Morgan fingerprint density at radius 2 is 1.23 bits per heavy atom. The Labute approximate surface area is 180 Å². The van der Waals surface area contributed by atoms with E-state index in [-0.39, 0.29) is 51.4 Å². The van der Waals surface area contributed by atoms with Crippen LogP contribution in [0.15, 0.2) is 0 Å². The topological polar surface area (TPSA) is 77.4 Å². The molecule has 4 nitrogen and oxygen atoms in total. The van der Waals surface area contributed by atoms with Gasteiger partial charge < -0.3 is 9.66 Å². The van der Waals surface area contributed by atoms with Crippen LogP contribution in [0, 0.1) is 0 Å². The molecule has 0 bridgehead atoms. The van der Waals surface area contributed by atoms with Crippen molar-refractivity contribution in [2.45, 2.75) is 102 Å². The molecule has 0 aliphatic heterocycles. The van der Waals surface area contributed by atoms with E-state index in [0.29, 0.717) is 19.3 Å². The molecule has 128 valence electrons. The van der Waals surface area contributed by atoms with E-state index >= 15 is 0 Å². The van der Waals surface area contributed by atoms with Crippen LogP contribution in [0.1, 0.15) is 90.9 Å². The molecule has 0 aromatic carbocycles. The zero-order valence-corrected chi connectivity index (χ0v) is 18.7. The van der Waals surface area contributed by atoms with Crippen LogP contribution in [0.25, 0.3) is 0 Å². The zero-order chi connectivity index (χ0) is 16.1. The second-order valence-corrected chi connectivity index (χ2v) is 7.60. The maximum Gasteiger partial charge on any atom is 1.00 e. The van der Waals surface area contributed by atoms with Gasteiger partial charge in [-0.15, -0.1) is 0 Å². The van der Waals surface area contributed by atoms with Crippen molar-refractivity contribution in [2.75, 3.05) is 0 Å². The molecule has 0 saturated heterocycles. The van der Waals surface area contributed by atoms with E-state index in [2.05, 4.69) is 13.8 Å². The molecule has 0 aromatic heterocycles. The third-order valence-corrected chi connectivity index (χ3v) is 5.29. The number of hydrogen-bond acceptors (Lipinski definition) is 4. The summed E-state index contributed by atoms with van der Waals surface area (Å²) in [6, 6.07) is 0. The first-order chi connectivity index (χ1) is 9.93. The van der Waals surface area contributed by atoms with Gasteiger partial charge in [0.2, 0.25) is 0 Å². The first-order valence-corrected chi connectivity index (χ1v) is 10.0. The number of rotatable bonds is 14. The molecule has 0 rings (SSSR count). The number of unbranched alkanes of at least 4 members (excludes halogenated alkanes) is 8. The number of aliphatic hydroxyl groups excluding tert-OH is 1. The summed E-state index contributed by atoms with van der Waals surface area (Å²) in [6.07, 6.45) is 9.92. The smallest absolute Gasteiger partial charge is 0.748 e. The second kappa shape index (κ2) is 16.0. The first-order valence-electron chi connectivity index (χ1n) is 8.56. The van der Waals surface area contributed by atoms with Crippen molar-refractivity contribution in [1.29, 1.82) is 0 Å². The second-order valence-electron chi connectivity index (χ2n) is 6.00. The quantitative estimate of drug-likeness (QED) is 0.285. The summed E-state index contributed by atoms with van der Waals surface area (Å²) in [5.74, 6) is 0. The molecule has 0 amide bonds. The van der Waals surface area contributed by atoms with Crippen molar-refractivity contribution in [2.24, 2.45) is 0 Å². The average Bonchev–Trinajstić information content (AvgIpc) is 2.41. The van der Waals surface area contributed by atoms with Crippen LogP contribution in [-0.2, 0) is 10.1 Å². The van der Waals surface area contributed by atoms with E-state index in [1.165, 1.54) is 12.8 Å². The molecular formula is C16H33KO4S. The summed E-state index contributed by atoms with van der Waals surface area (Å²) in [5, 5.41) is 8.89. The van der Waals surface area contributed by atoms with E-state index in [1.54, 1.807) is 0 Å². The normalized spacial score (nSPS) is 14.4. The fourth-order valence-electron chi connectivity index (χ4n) is 2.62. The van der Waals surface area contributed by atoms with E-state index in [9.17, 15) is 18.1 Å². The summed E-state index contributed by atoms with van der Waals surface area (Å²) in [7, 11) is -4.40. The Balaban J connectivity index is 0. The summed E-state index contributed by atoms with van der Waals surface area (Å²) in [4.78, 5) is 0. The Kier molecular flexibility index (Phi) is 18.7. The van der Waals surface area contributed by atoms with Gasteiger partial charge in [-0.3, -0.25) is 0 Å². The minimum Gasteiger partial charge on any atom is -0.748 e. The van der Waals surface area contributed by atoms with Gasteiger partial charge in [0.15, 0.2) is 0 Å². The van der Waals surface area contributed by atoms with Crippen LogP contribution in [0.4, 0.5) is 0 Å². The molecule has 0 saturated carbocycles. The fourth-order valence-corrected chi connectivity index (χ4v) is 3.60. The molecule has 6 heteroatoms. The number of aliphatic hydroxyl groups is 1. The third kappa shape index (κ3) is 13.9. The Morgan fingerprint density at radius 1 is 0.818 bits per heavy atom. The van der Waals surface area contributed by atoms with Crippen LogP contribution in [0.3, 0.4) is 0 Å². The minimum atomic E-state index is -4.40. The largest absolute Gasteiger partial charge is 1.00 e. The predicted molar refractivity (Wildman–Crippen MR) is 86.2 cm³/mol. The molecule has 2 atom stereocenters. The molecule has 0 heterocycles. The monoisotopic (exact) mass is 360 g/mol. The zero-order valence-electron chi connectivity index (χ0n) is 14.7. The van der Waals surface area contributed by atoms with Gasteiger partial charge in [0.25, 0.3) is 0 Å². The summed E-state index contributed by atoms with van der Waals surface area (Å²) < 4.78 is 33.9. The molecule has 0 fully saturated rings. The molecule has 0 aliphatic rings. The maximum atomic E-state index is 11.3. The van der Waals surface area contributed by atoms with Gasteiger partial charge in [0, 0.05) is 0 Å². The fraction of sp³-hybridized carbons (Fsp3) is 1.00. The molecule has 2 unspecified atom stereocenters. The van der Waals surface area contributed by atoms with Gasteiger partial charge in [-0.25, -0.2) is 8.42 Å². The van der Waals surface area contributed by atoms with E-state index < -0.39 is 21.5 Å². The van der Waals surface area contributed by atoms with Crippen LogP contribution in [0.2, 0.25) is 0 Å². The predicted octanol–water partition coefficient (Wildman–Crippen LogP) is 0.986. The van der Waals surface area contributed by atoms with Gasteiger partial charge in [-0.05, 0) is 12.8 Å². The van der Waals surface area contributed by atoms with Gasteiger partial charge in [-0.2, -0.15) is 0 Å². The van der Waals surface area contributed by atoms with Crippen molar-refractivity contribution in [3.63, 3.8) is 0 Å². The summed E-state index contributed by atoms with van der Waals surface area (Å²) in [6.45, 7) is 4.24. The van der Waals surface area contributed by atoms with Crippen molar-refractivity contribution in [3.8, 4) is 0 Å². The molecule has 0 aliphatic carbocycles. The van der Waals surface area contributed by atoms with Crippen molar-refractivity contribution in [1.82, 2.24) is 0 Å². The number of hydrogen-bond donors (Lipinski definition) is 1. The van der Waals surface area contributed by atoms with Crippen LogP contribution in [-0.4, -0.2) is 29.4 Å². The van der Waals surface area contributed by atoms with E-state index in [0.717, 1.165) is 44.9 Å². The molecule has 22 heavy (non-hydrogen) atoms. The molecule has 0 aromatic rings. The molecule has 0 spiro atoms. The van der Waals surface area contributed by atoms with Gasteiger partial charge in [-0.1, -0.05) is 78.1 Å². The Bertz CT molecular complexity index is 333. The molecule has 0 radical (unpaired) electrons. The van der Waals surface area contributed by atoms with Crippen LogP contribution >= 0.6 is 0 Å². The Morgan fingerprint density at radius 3 is 1.73 bits per heavy atom. The van der Waals surface area contributed by atoms with Crippen molar-refractivity contribution < 1.29 is 69.5 Å². The van der Waals surface area contributed by atoms with Crippen LogP contribution < -0.4 is 51.4 Å². The van der Waals surface area contributed by atoms with E-state index in [1.807, 2.05) is 0 Å². The van der Waals surface area contributed by atoms with Crippen molar-refractivity contribution >= 4 is 10.1 Å². The first kappa shape index (κ1) is 25.7. The molecular weight excluding hydrogens is 327 g/mol. The van der Waals surface area contributed by atoms with Gasteiger partial charge in [0.05, 0.1) is 11.4 Å².